The molecular weight excluding hydrogens is 380 g/mol. The Bertz CT molecular complexity index is 1090. The summed E-state index contributed by atoms with van der Waals surface area (Å²) in [6.07, 6.45) is 2.81. The number of benzene rings is 2. The Morgan fingerprint density at radius 2 is 1.60 bits per heavy atom. The van der Waals surface area contributed by atoms with Crippen molar-refractivity contribution in [3.63, 3.8) is 0 Å². The van der Waals surface area contributed by atoms with Gasteiger partial charge in [0.25, 0.3) is 5.91 Å². The first kappa shape index (κ1) is 19.9. The minimum absolute atomic E-state index is 0.0306. The van der Waals surface area contributed by atoms with Crippen LogP contribution in [0.3, 0.4) is 0 Å². The van der Waals surface area contributed by atoms with Crippen molar-refractivity contribution in [2.45, 2.75) is 25.7 Å². The lowest BCUT2D eigenvalue weighted by molar-refractivity contribution is -0.131. The molecule has 0 radical (unpaired) electrons. The van der Waals surface area contributed by atoms with Crippen LogP contribution in [-0.4, -0.2) is 57.8 Å². The van der Waals surface area contributed by atoms with Crippen LogP contribution in [0.15, 0.2) is 53.3 Å². The van der Waals surface area contributed by atoms with Gasteiger partial charge >= 0.3 is 5.69 Å². The summed E-state index contributed by atoms with van der Waals surface area (Å²) < 4.78 is 0. The van der Waals surface area contributed by atoms with Crippen LogP contribution >= 0.6 is 0 Å². The van der Waals surface area contributed by atoms with Gasteiger partial charge in [0.05, 0.1) is 11.0 Å². The number of carbonyl (C=O) groups excluding carboxylic acids is 2. The van der Waals surface area contributed by atoms with Crippen molar-refractivity contribution in [3.8, 4) is 0 Å². The molecular formula is C23H26N4O3. The van der Waals surface area contributed by atoms with E-state index in [9.17, 15) is 14.4 Å². The Kier molecular flexibility index (Phi) is 5.97. The molecule has 2 amide bonds. The molecule has 156 valence electrons. The zero-order valence-electron chi connectivity index (χ0n) is 16.9. The van der Waals surface area contributed by atoms with Crippen molar-refractivity contribution in [1.29, 1.82) is 0 Å². The van der Waals surface area contributed by atoms with Crippen molar-refractivity contribution in [2.75, 3.05) is 26.2 Å². The number of fused-ring (bicyclic) bond motifs is 1. The van der Waals surface area contributed by atoms with E-state index in [0.717, 1.165) is 35.9 Å². The van der Waals surface area contributed by atoms with Crippen molar-refractivity contribution in [2.24, 2.45) is 0 Å². The number of aromatic amines is 2. The number of imidazole rings is 1. The van der Waals surface area contributed by atoms with Crippen molar-refractivity contribution in [1.82, 2.24) is 19.8 Å². The van der Waals surface area contributed by atoms with Gasteiger partial charge in [0.1, 0.15) is 0 Å². The van der Waals surface area contributed by atoms with Crippen LogP contribution in [0.4, 0.5) is 0 Å². The minimum Gasteiger partial charge on any atom is -0.341 e. The molecule has 0 atom stereocenters. The Hall–Kier alpha value is -3.35. The van der Waals surface area contributed by atoms with Crippen LogP contribution in [0.5, 0.6) is 0 Å². The number of hydrogen-bond acceptors (Lipinski definition) is 3. The Morgan fingerprint density at radius 3 is 2.43 bits per heavy atom. The van der Waals surface area contributed by atoms with Gasteiger partial charge in [-0.1, -0.05) is 24.3 Å². The molecule has 4 rings (SSSR count). The smallest absolute Gasteiger partial charge is 0.323 e. The molecule has 2 heterocycles. The van der Waals surface area contributed by atoms with Gasteiger partial charge in [-0.25, -0.2) is 4.79 Å². The molecule has 3 aromatic rings. The molecule has 0 saturated carbocycles. The molecule has 1 fully saturated rings. The molecule has 0 bridgehead atoms. The molecule has 1 saturated heterocycles. The number of H-pyrrole nitrogens is 2. The van der Waals surface area contributed by atoms with Gasteiger partial charge in [0, 0.05) is 38.2 Å². The van der Waals surface area contributed by atoms with E-state index in [1.807, 2.05) is 58.3 Å². The third-order valence-corrected chi connectivity index (χ3v) is 5.59. The molecule has 7 nitrogen and oxygen atoms in total. The predicted molar refractivity (Wildman–Crippen MR) is 115 cm³/mol. The summed E-state index contributed by atoms with van der Waals surface area (Å²) in [7, 11) is 0. The second-order valence-electron chi connectivity index (χ2n) is 7.71. The largest absolute Gasteiger partial charge is 0.341 e. The lowest BCUT2D eigenvalue weighted by Gasteiger charge is -2.22. The number of aromatic nitrogens is 2. The SMILES string of the molecule is O=C(CCCc1ccc2[nH]c(=O)[nH]c2c1)N1CCCN(C(=O)c2ccccc2)CC1. The minimum atomic E-state index is -0.210. The zero-order valence-corrected chi connectivity index (χ0v) is 16.9. The number of nitrogens with one attached hydrogen (secondary N) is 2. The van der Waals surface area contributed by atoms with E-state index < -0.39 is 0 Å². The summed E-state index contributed by atoms with van der Waals surface area (Å²) in [6.45, 7) is 2.51. The van der Waals surface area contributed by atoms with Crippen LogP contribution in [0, 0.1) is 0 Å². The first-order chi connectivity index (χ1) is 14.6. The molecule has 0 unspecified atom stereocenters. The summed E-state index contributed by atoms with van der Waals surface area (Å²) in [4.78, 5) is 45.9. The summed E-state index contributed by atoms with van der Waals surface area (Å²) in [5, 5.41) is 0. The van der Waals surface area contributed by atoms with Gasteiger partial charge in [-0.15, -0.1) is 0 Å². The van der Waals surface area contributed by atoms with Gasteiger partial charge < -0.3 is 19.8 Å². The summed E-state index contributed by atoms with van der Waals surface area (Å²) in [5.41, 5.74) is 3.16. The zero-order chi connectivity index (χ0) is 20.9. The molecule has 7 heteroatoms. The number of aryl methyl sites for hydroxylation is 1. The van der Waals surface area contributed by atoms with Gasteiger partial charge in [-0.3, -0.25) is 9.59 Å². The quantitative estimate of drug-likeness (QED) is 0.682. The first-order valence-corrected chi connectivity index (χ1v) is 10.4. The summed E-state index contributed by atoms with van der Waals surface area (Å²) in [6, 6.07) is 15.1. The van der Waals surface area contributed by atoms with E-state index in [2.05, 4.69) is 9.97 Å². The fourth-order valence-electron chi connectivity index (χ4n) is 3.97. The predicted octanol–water partition coefficient (Wildman–Crippen LogP) is 2.55. The number of rotatable bonds is 5. The average molecular weight is 406 g/mol. The molecule has 1 aliphatic heterocycles. The highest BCUT2D eigenvalue weighted by Crippen LogP contribution is 2.14. The van der Waals surface area contributed by atoms with Gasteiger partial charge in [0.2, 0.25) is 5.91 Å². The normalized spacial score (nSPS) is 14.7. The summed E-state index contributed by atoms with van der Waals surface area (Å²) >= 11 is 0. The summed E-state index contributed by atoms with van der Waals surface area (Å²) in [5.74, 6) is 0.170. The maximum Gasteiger partial charge on any atom is 0.323 e. The second kappa shape index (κ2) is 8.98. The van der Waals surface area contributed by atoms with E-state index in [1.165, 1.54) is 0 Å². The maximum absolute atomic E-state index is 12.7. The molecule has 1 aromatic heterocycles. The van der Waals surface area contributed by atoms with Crippen molar-refractivity contribution in [3.05, 3.63) is 70.1 Å². The molecule has 0 aliphatic carbocycles. The Labute approximate surface area is 174 Å². The molecule has 30 heavy (non-hydrogen) atoms. The third kappa shape index (κ3) is 4.62. The highest BCUT2D eigenvalue weighted by atomic mass is 16.2. The highest BCUT2D eigenvalue weighted by molar-refractivity contribution is 5.94. The van der Waals surface area contributed by atoms with E-state index in [1.54, 1.807) is 0 Å². The molecule has 2 N–H and O–H groups in total. The van der Waals surface area contributed by atoms with Gasteiger partial charge in [0.15, 0.2) is 0 Å². The molecule has 1 aliphatic rings. The highest BCUT2D eigenvalue weighted by Gasteiger charge is 2.22. The average Bonchev–Trinajstić information content (AvgIpc) is 2.96. The van der Waals surface area contributed by atoms with Crippen LogP contribution in [-0.2, 0) is 11.2 Å². The molecule has 0 spiro atoms. The van der Waals surface area contributed by atoms with E-state index in [0.29, 0.717) is 38.2 Å². The number of hydrogen-bond donors (Lipinski definition) is 2. The topological polar surface area (TPSA) is 89.3 Å². The monoisotopic (exact) mass is 406 g/mol. The third-order valence-electron chi connectivity index (χ3n) is 5.59. The van der Waals surface area contributed by atoms with E-state index in [4.69, 9.17) is 0 Å². The lowest BCUT2D eigenvalue weighted by atomic mass is 10.1. The second-order valence-corrected chi connectivity index (χ2v) is 7.71. The standard InChI is InChI=1S/C23H26N4O3/c28-21(9-4-6-17-10-11-19-20(16-17)25-23(30)24-19)26-12-5-13-27(15-14-26)22(29)18-7-2-1-3-8-18/h1-3,7-8,10-11,16H,4-6,9,12-15H2,(H2,24,25,30). The van der Waals surface area contributed by atoms with Crippen molar-refractivity contribution < 1.29 is 9.59 Å². The van der Waals surface area contributed by atoms with Gasteiger partial charge in [-0.05, 0) is 49.1 Å². The fourth-order valence-corrected chi connectivity index (χ4v) is 3.97. The lowest BCUT2D eigenvalue weighted by Crippen LogP contribution is -2.37. The van der Waals surface area contributed by atoms with Crippen LogP contribution in [0.25, 0.3) is 11.0 Å². The number of amides is 2. The van der Waals surface area contributed by atoms with Crippen LogP contribution in [0.2, 0.25) is 0 Å². The number of carbonyl (C=O) groups is 2. The van der Waals surface area contributed by atoms with Gasteiger partial charge in [-0.2, -0.15) is 0 Å². The van der Waals surface area contributed by atoms with Crippen LogP contribution in [0.1, 0.15) is 35.2 Å². The Morgan fingerprint density at radius 1 is 0.867 bits per heavy atom. The fraction of sp³-hybridized carbons (Fsp3) is 0.348. The van der Waals surface area contributed by atoms with E-state index in [-0.39, 0.29) is 17.5 Å². The van der Waals surface area contributed by atoms with E-state index >= 15 is 0 Å². The van der Waals surface area contributed by atoms with Crippen LogP contribution < -0.4 is 5.69 Å². The Balaban J connectivity index is 1.27. The van der Waals surface area contributed by atoms with Crippen molar-refractivity contribution >= 4 is 22.8 Å². The first-order valence-electron chi connectivity index (χ1n) is 10.4. The number of nitrogens with zero attached hydrogens (tertiary/aromatic N) is 2. The maximum atomic E-state index is 12.7. The molecule has 2 aromatic carbocycles.